The minimum Gasteiger partial charge on any atom is -0.372 e. The van der Waals surface area contributed by atoms with Crippen LogP contribution in [0, 0.1) is 28.4 Å². The number of carbonyl (C=O) groups excluding carboxylic acids is 1. The zero-order valence-corrected chi connectivity index (χ0v) is 16.6. The second-order valence-corrected chi connectivity index (χ2v) is 6.24. The van der Waals surface area contributed by atoms with Gasteiger partial charge in [0, 0.05) is 48.5 Å². The van der Waals surface area contributed by atoms with Gasteiger partial charge in [-0.3, -0.25) is 14.9 Å². The molecule has 0 radical (unpaired) electrons. The molecular formula is C21H23N5O3. The molecule has 2 aromatic rings. The van der Waals surface area contributed by atoms with E-state index in [-0.39, 0.29) is 11.3 Å². The Morgan fingerprint density at radius 2 is 1.86 bits per heavy atom. The first kappa shape index (κ1) is 21.4. The minimum absolute atomic E-state index is 0.0793. The van der Waals surface area contributed by atoms with Gasteiger partial charge in [0.25, 0.3) is 11.6 Å². The Hall–Kier alpha value is -3.86. The molecule has 0 aliphatic heterocycles. The zero-order chi connectivity index (χ0) is 21.4. The fraction of sp³-hybridized carbons (Fsp3) is 0.238. The Morgan fingerprint density at radius 3 is 2.38 bits per heavy atom. The number of carbonyl (C=O) groups is 1. The van der Waals surface area contributed by atoms with E-state index in [1.54, 1.807) is 0 Å². The molecule has 0 heterocycles. The van der Waals surface area contributed by atoms with Crippen LogP contribution in [0.1, 0.15) is 19.4 Å². The number of aryl methyl sites for hydroxylation is 1. The highest BCUT2D eigenvalue weighted by molar-refractivity contribution is 6.06. The SMILES string of the molecule is CCN(CC)c1ccc(N/C=C(/C#N)C(=O)Nc2ccc([N+](=O)[O-])cc2)c(C)c1. The van der Waals surface area contributed by atoms with Gasteiger partial charge < -0.3 is 15.5 Å². The van der Waals surface area contributed by atoms with Crippen LogP contribution in [0.25, 0.3) is 0 Å². The Labute approximate surface area is 169 Å². The predicted molar refractivity (Wildman–Crippen MR) is 114 cm³/mol. The lowest BCUT2D eigenvalue weighted by Gasteiger charge is -2.22. The van der Waals surface area contributed by atoms with E-state index in [1.807, 2.05) is 31.2 Å². The summed E-state index contributed by atoms with van der Waals surface area (Å²) in [6.07, 6.45) is 1.35. The van der Waals surface area contributed by atoms with Crippen molar-refractivity contribution in [2.24, 2.45) is 0 Å². The number of benzene rings is 2. The van der Waals surface area contributed by atoms with Crippen LogP contribution in [-0.2, 0) is 4.79 Å². The molecule has 0 saturated carbocycles. The molecule has 29 heavy (non-hydrogen) atoms. The average molecular weight is 393 g/mol. The van der Waals surface area contributed by atoms with E-state index >= 15 is 0 Å². The van der Waals surface area contributed by atoms with Gasteiger partial charge in [-0.2, -0.15) is 5.26 Å². The summed E-state index contributed by atoms with van der Waals surface area (Å²) in [6, 6.07) is 13.2. The third-order valence-corrected chi connectivity index (χ3v) is 4.41. The highest BCUT2D eigenvalue weighted by Gasteiger charge is 2.11. The molecule has 0 spiro atoms. The Kier molecular flexibility index (Phi) is 7.32. The fourth-order valence-electron chi connectivity index (χ4n) is 2.76. The van der Waals surface area contributed by atoms with Gasteiger partial charge in [-0.1, -0.05) is 0 Å². The highest BCUT2D eigenvalue weighted by atomic mass is 16.6. The number of hydrogen-bond acceptors (Lipinski definition) is 6. The van der Waals surface area contributed by atoms with Gasteiger partial charge in [-0.15, -0.1) is 0 Å². The molecule has 0 bridgehead atoms. The maximum absolute atomic E-state index is 12.3. The molecule has 0 aliphatic rings. The number of nitriles is 1. The van der Waals surface area contributed by atoms with Gasteiger partial charge in [0.05, 0.1) is 4.92 Å². The normalized spacial score (nSPS) is 10.8. The third kappa shape index (κ3) is 5.56. The first-order valence-electron chi connectivity index (χ1n) is 9.17. The van der Waals surface area contributed by atoms with E-state index in [1.165, 1.54) is 30.5 Å². The van der Waals surface area contributed by atoms with Crippen molar-refractivity contribution in [3.8, 4) is 6.07 Å². The van der Waals surface area contributed by atoms with E-state index in [0.29, 0.717) is 5.69 Å². The summed E-state index contributed by atoms with van der Waals surface area (Å²) in [7, 11) is 0. The Morgan fingerprint density at radius 1 is 1.21 bits per heavy atom. The first-order valence-corrected chi connectivity index (χ1v) is 9.17. The molecule has 1 amide bonds. The highest BCUT2D eigenvalue weighted by Crippen LogP contribution is 2.23. The third-order valence-electron chi connectivity index (χ3n) is 4.41. The van der Waals surface area contributed by atoms with Crippen molar-refractivity contribution >= 4 is 28.7 Å². The van der Waals surface area contributed by atoms with Gasteiger partial charge in [0.1, 0.15) is 11.6 Å². The second-order valence-electron chi connectivity index (χ2n) is 6.24. The fourth-order valence-corrected chi connectivity index (χ4v) is 2.76. The summed E-state index contributed by atoms with van der Waals surface area (Å²) in [4.78, 5) is 24.7. The van der Waals surface area contributed by atoms with E-state index < -0.39 is 10.8 Å². The Bertz CT molecular complexity index is 957. The van der Waals surface area contributed by atoms with Crippen molar-refractivity contribution < 1.29 is 9.72 Å². The van der Waals surface area contributed by atoms with Gasteiger partial charge >= 0.3 is 0 Å². The number of nitrogens with zero attached hydrogens (tertiary/aromatic N) is 3. The molecule has 2 N–H and O–H groups in total. The zero-order valence-electron chi connectivity index (χ0n) is 16.6. The summed E-state index contributed by atoms with van der Waals surface area (Å²) in [5.74, 6) is -0.605. The molecule has 8 heteroatoms. The second kappa shape index (κ2) is 9.90. The van der Waals surface area contributed by atoms with Gasteiger partial charge in [0.2, 0.25) is 0 Å². The average Bonchev–Trinajstić information content (AvgIpc) is 2.71. The largest absolute Gasteiger partial charge is 0.372 e. The number of nitrogens with one attached hydrogen (secondary N) is 2. The maximum atomic E-state index is 12.3. The predicted octanol–water partition coefficient (Wildman–Crippen LogP) is 4.21. The van der Waals surface area contributed by atoms with Gasteiger partial charge in [-0.05, 0) is 56.7 Å². The van der Waals surface area contributed by atoms with Gasteiger partial charge in [-0.25, -0.2) is 0 Å². The van der Waals surface area contributed by atoms with Crippen LogP contribution in [0.3, 0.4) is 0 Å². The van der Waals surface area contributed by atoms with E-state index in [2.05, 4.69) is 29.4 Å². The summed E-state index contributed by atoms with van der Waals surface area (Å²) >= 11 is 0. The van der Waals surface area contributed by atoms with E-state index in [0.717, 1.165) is 30.0 Å². The Balaban J connectivity index is 2.10. The van der Waals surface area contributed by atoms with Crippen LogP contribution in [0.5, 0.6) is 0 Å². The van der Waals surface area contributed by atoms with E-state index in [4.69, 9.17) is 0 Å². The summed E-state index contributed by atoms with van der Waals surface area (Å²) in [5, 5.41) is 25.5. The lowest BCUT2D eigenvalue weighted by Crippen LogP contribution is -2.21. The smallest absolute Gasteiger partial charge is 0.269 e. The topological polar surface area (TPSA) is 111 Å². The lowest BCUT2D eigenvalue weighted by atomic mass is 10.1. The molecular weight excluding hydrogens is 370 g/mol. The van der Waals surface area contributed by atoms with E-state index in [9.17, 15) is 20.2 Å². The van der Waals surface area contributed by atoms with Crippen molar-refractivity contribution in [1.29, 1.82) is 5.26 Å². The molecule has 8 nitrogen and oxygen atoms in total. The van der Waals surface area contributed by atoms with Crippen LogP contribution in [0.2, 0.25) is 0 Å². The molecule has 0 fully saturated rings. The number of amides is 1. The lowest BCUT2D eigenvalue weighted by molar-refractivity contribution is -0.384. The van der Waals surface area contributed by atoms with Crippen molar-refractivity contribution in [3.63, 3.8) is 0 Å². The molecule has 2 aromatic carbocycles. The van der Waals surface area contributed by atoms with Crippen molar-refractivity contribution in [3.05, 3.63) is 69.9 Å². The first-order chi connectivity index (χ1) is 13.9. The molecule has 0 aromatic heterocycles. The van der Waals surface area contributed by atoms with Crippen molar-refractivity contribution in [1.82, 2.24) is 0 Å². The van der Waals surface area contributed by atoms with Crippen LogP contribution >= 0.6 is 0 Å². The molecule has 0 saturated heterocycles. The molecule has 2 rings (SSSR count). The number of rotatable bonds is 8. The van der Waals surface area contributed by atoms with Crippen LogP contribution in [0.15, 0.2) is 54.2 Å². The van der Waals surface area contributed by atoms with Crippen molar-refractivity contribution in [2.75, 3.05) is 28.6 Å². The standard InChI is InChI=1S/C21H23N5O3/c1-4-25(5-2)19-10-11-20(15(3)12-19)23-14-16(13-22)21(27)24-17-6-8-18(9-7-17)26(28)29/h6-12,14,23H,4-5H2,1-3H3,(H,24,27)/b16-14-. The summed E-state index contributed by atoms with van der Waals surface area (Å²) in [5.41, 5.74) is 3.05. The van der Waals surface area contributed by atoms with Gasteiger partial charge in [0.15, 0.2) is 0 Å². The molecule has 150 valence electrons. The molecule has 0 unspecified atom stereocenters. The molecule has 0 atom stereocenters. The number of non-ortho nitro benzene ring substituents is 1. The van der Waals surface area contributed by atoms with Crippen LogP contribution in [-0.4, -0.2) is 23.9 Å². The van der Waals surface area contributed by atoms with Crippen molar-refractivity contribution in [2.45, 2.75) is 20.8 Å². The number of nitro benzene ring substituents is 1. The number of hydrogen-bond donors (Lipinski definition) is 2. The monoisotopic (exact) mass is 393 g/mol. The number of nitro groups is 1. The van der Waals surface area contributed by atoms with Crippen LogP contribution < -0.4 is 15.5 Å². The van der Waals surface area contributed by atoms with Crippen LogP contribution in [0.4, 0.5) is 22.7 Å². The molecule has 0 aliphatic carbocycles. The summed E-state index contributed by atoms with van der Waals surface area (Å²) < 4.78 is 0. The number of anilines is 3. The maximum Gasteiger partial charge on any atom is 0.269 e. The summed E-state index contributed by atoms with van der Waals surface area (Å²) in [6.45, 7) is 7.95. The quantitative estimate of drug-likeness (QED) is 0.301. The minimum atomic E-state index is -0.605.